The zero-order valence-electron chi connectivity index (χ0n) is 6.71. The summed E-state index contributed by atoms with van der Waals surface area (Å²) in [5.74, 6) is 0. The van der Waals surface area contributed by atoms with Gasteiger partial charge in [0.1, 0.15) is 0 Å². The zero-order valence-corrected chi connectivity index (χ0v) is 7.53. The van der Waals surface area contributed by atoms with Gasteiger partial charge in [0.25, 0.3) is 0 Å². The molecule has 1 aromatic carbocycles. The molecule has 0 aliphatic carbocycles. The first-order valence-corrected chi connectivity index (χ1v) is 3.83. The summed E-state index contributed by atoms with van der Waals surface area (Å²) in [7, 11) is 0. The van der Waals surface area contributed by atoms with E-state index < -0.39 is 0 Å². The average molecular weight is 186 g/mol. The molecule has 0 atom stereocenters. The fourth-order valence-corrected chi connectivity index (χ4v) is 1.55. The highest BCUT2D eigenvalue weighted by atomic mass is 35.5. The van der Waals surface area contributed by atoms with Crippen molar-refractivity contribution in [3.05, 3.63) is 34.9 Å². The Labute approximate surface area is 78.0 Å². The van der Waals surface area contributed by atoms with Gasteiger partial charge in [-0.1, -0.05) is 18.2 Å². The summed E-state index contributed by atoms with van der Waals surface area (Å²) in [6.07, 6.45) is 0. The van der Waals surface area contributed by atoms with Crippen LogP contribution in [-0.4, -0.2) is 5.11 Å². The van der Waals surface area contributed by atoms with Gasteiger partial charge in [-0.15, -0.1) is 12.4 Å². The summed E-state index contributed by atoms with van der Waals surface area (Å²) in [6.45, 7) is 2.01. The summed E-state index contributed by atoms with van der Waals surface area (Å²) in [5.41, 5.74) is 3.68. The quantitative estimate of drug-likeness (QED) is 0.690. The normalized spacial score (nSPS) is 13.8. The molecule has 1 aromatic rings. The number of aliphatic hydroxyl groups is 1. The highest BCUT2D eigenvalue weighted by Gasteiger charge is 2.11. The summed E-state index contributed by atoms with van der Waals surface area (Å²) < 4.78 is 0. The topological polar surface area (TPSA) is 32.3 Å². The predicted molar refractivity (Wildman–Crippen MR) is 50.2 cm³/mol. The Hall–Kier alpha value is -0.570. The van der Waals surface area contributed by atoms with E-state index in [2.05, 4.69) is 11.4 Å². The minimum absolute atomic E-state index is 0. The van der Waals surface area contributed by atoms with Crippen LogP contribution in [0.3, 0.4) is 0 Å². The van der Waals surface area contributed by atoms with Gasteiger partial charge in [-0.25, -0.2) is 0 Å². The Morgan fingerprint density at radius 3 is 2.92 bits per heavy atom. The Balaban J connectivity index is 0.000000720. The van der Waals surface area contributed by atoms with E-state index in [1.165, 1.54) is 11.1 Å². The van der Waals surface area contributed by atoms with Crippen LogP contribution < -0.4 is 5.32 Å². The van der Waals surface area contributed by atoms with E-state index in [0.29, 0.717) is 0 Å². The maximum atomic E-state index is 8.97. The monoisotopic (exact) mass is 185 g/mol. The van der Waals surface area contributed by atoms with Crippen LogP contribution in [0.4, 0.5) is 0 Å². The lowest BCUT2D eigenvalue weighted by Crippen LogP contribution is -2.01. The molecule has 0 aromatic heterocycles. The molecule has 3 heteroatoms. The Bertz CT molecular complexity index is 275. The van der Waals surface area contributed by atoms with E-state index in [-0.39, 0.29) is 19.0 Å². The largest absolute Gasteiger partial charge is 0.392 e. The maximum Gasteiger partial charge on any atom is 0.0685 e. The van der Waals surface area contributed by atoms with Gasteiger partial charge in [-0.2, -0.15) is 0 Å². The predicted octanol–water partition coefficient (Wildman–Crippen LogP) is 1.20. The third-order valence-electron chi connectivity index (χ3n) is 2.16. The van der Waals surface area contributed by atoms with Gasteiger partial charge in [-0.05, 0) is 16.7 Å². The van der Waals surface area contributed by atoms with Crippen LogP contribution in [0.15, 0.2) is 18.2 Å². The molecule has 0 fully saturated rings. The highest BCUT2D eigenvalue weighted by Crippen LogP contribution is 2.19. The van der Waals surface area contributed by atoms with Gasteiger partial charge in [0.05, 0.1) is 6.61 Å². The Kier molecular flexibility index (Phi) is 3.09. The summed E-state index contributed by atoms with van der Waals surface area (Å²) in [4.78, 5) is 0. The number of rotatable bonds is 1. The molecule has 12 heavy (non-hydrogen) atoms. The van der Waals surface area contributed by atoms with Crippen molar-refractivity contribution >= 4 is 12.4 Å². The van der Waals surface area contributed by atoms with E-state index in [4.69, 9.17) is 5.11 Å². The molecule has 0 radical (unpaired) electrons. The van der Waals surface area contributed by atoms with Gasteiger partial charge in [0, 0.05) is 13.1 Å². The molecule has 0 amide bonds. The number of halogens is 1. The fraction of sp³-hybridized carbons (Fsp3) is 0.333. The summed E-state index contributed by atoms with van der Waals surface area (Å²) in [5, 5.41) is 12.2. The molecule has 0 saturated carbocycles. The molecular formula is C9H12ClNO. The van der Waals surface area contributed by atoms with Gasteiger partial charge in [0.15, 0.2) is 0 Å². The van der Waals surface area contributed by atoms with Crippen LogP contribution in [0.25, 0.3) is 0 Å². The van der Waals surface area contributed by atoms with Crippen molar-refractivity contribution in [1.29, 1.82) is 0 Å². The average Bonchev–Trinajstić information content (AvgIpc) is 2.50. The fourth-order valence-electron chi connectivity index (χ4n) is 1.55. The summed E-state index contributed by atoms with van der Waals surface area (Å²) >= 11 is 0. The molecule has 0 spiro atoms. The first-order chi connectivity index (χ1) is 5.42. The summed E-state index contributed by atoms with van der Waals surface area (Å²) in [6, 6.07) is 6.08. The van der Waals surface area contributed by atoms with E-state index in [0.717, 1.165) is 18.7 Å². The van der Waals surface area contributed by atoms with Crippen molar-refractivity contribution < 1.29 is 5.11 Å². The van der Waals surface area contributed by atoms with E-state index in [9.17, 15) is 0 Å². The lowest BCUT2D eigenvalue weighted by molar-refractivity contribution is 0.280. The van der Waals surface area contributed by atoms with Crippen LogP contribution >= 0.6 is 12.4 Å². The van der Waals surface area contributed by atoms with Crippen LogP contribution in [0, 0.1) is 0 Å². The Morgan fingerprint density at radius 2 is 2.17 bits per heavy atom. The number of aliphatic hydroxyl groups excluding tert-OH is 1. The van der Waals surface area contributed by atoms with Crippen molar-refractivity contribution in [2.75, 3.05) is 0 Å². The lowest BCUT2D eigenvalue weighted by Gasteiger charge is -2.02. The standard InChI is InChI=1S/C9H11NO.ClH/c11-6-8-3-1-2-7-4-10-5-9(7)8;/h1-3,10-11H,4-6H2;1H. The van der Waals surface area contributed by atoms with Crippen molar-refractivity contribution in [3.63, 3.8) is 0 Å². The second-order valence-corrected chi connectivity index (χ2v) is 2.82. The molecule has 0 bridgehead atoms. The van der Waals surface area contributed by atoms with Crippen LogP contribution in [0.1, 0.15) is 16.7 Å². The minimum atomic E-state index is 0. The molecule has 2 nitrogen and oxygen atoms in total. The molecular weight excluding hydrogens is 174 g/mol. The number of hydrogen-bond acceptors (Lipinski definition) is 2. The number of nitrogens with one attached hydrogen (secondary N) is 1. The molecule has 66 valence electrons. The second kappa shape index (κ2) is 3.90. The molecule has 2 rings (SSSR count). The van der Waals surface area contributed by atoms with Gasteiger partial charge in [0.2, 0.25) is 0 Å². The first kappa shape index (κ1) is 9.52. The van der Waals surface area contributed by atoms with E-state index in [1.54, 1.807) is 0 Å². The van der Waals surface area contributed by atoms with Gasteiger partial charge >= 0.3 is 0 Å². The SMILES string of the molecule is Cl.OCc1cccc2c1CNC2. The molecule has 1 aliphatic rings. The Morgan fingerprint density at radius 1 is 1.33 bits per heavy atom. The van der Waals surface area contributed by atoms with Crippen molar-refractivity contribution in [3.8, 4) is 0 Å². The van der Waals surface area contributed by atoms with Crippen LogP contribution in [-0.2, 0) is 19.7 Å². The van der Waals surface area contributed by atoms with Gasteiger partial charge in [-0.3, -0.25) is 0 Å². The number of benzene rings is 1. The van der Waals surface area contributed by atoms with Gasteiger partial charge < -0.3 is 10.4 Å². The van der Waals surface area contributed by atoms with Crippen LogP contribution in [0.2, 0.25) is 0 Å². The maximum absolute atomic E-state index is 8.97. The lowest BCUT2D eigenvalue weighted by atomic mass is 10.0. The van der Waals surface area contributed by atoms with E-state index >= 15 is 0 Å². The molecule has 2 N–H and O–H groups in total. The smallest absolute Gasteiger partial charge is 0.0685 e. The van der Waals surface area contributed by atoms with Crippen molar-refractivity contribution in [2.45, 2.75) is 19.7 Å². The third kappa shape index (κ3) is 1.46. The molecule has 1 heterocycles. The minimum Gasteiger partial charge on any atom is -0.392 e. The zero-order chi connectivity index (χ0) is 7.68. The molecule has 1 aliphatic heterocycles. The van der Waals surface area contributed by atoms with Crippen molar-refractivity contribution in [1.82, 2.24) is 5.32 Å². The van der Waals surface area contributed by atoms with Crippen molar-refractivity contribution in [2.24, 2.45) is 0 Å². The highest BCUT2D eigenvalue weighted by molar-refractivity contribution is 5.85. The molecule has 0 saturated heterocycles. The van der Waals surface area contributed by atoms with Crippen LogP contribution in [0.5, 0.6) is 0 Å². The third-order valence-corrected chi connectivity index (χ3v) is 2.16. The molecule has 0 unspecified atom stereocenters. The second-order valence-electron chi connectivity index (χ2n) is 2.82. The first-order valence-electron chi connectivity index (χ1n) is 3.83. The number of hydrogen-bond donors (Lipinski definition) is 2. The van der Waals surface area contributed by atoms with E-state index in [1.807, 2.05) is 12.1 Å². The number of fused-ring (bicyclic) bond motifs is 1.